The van der Waals surface area contributed by atoms with Gasteiger partial charge in [-0.1, -0.05) is 32.0 Å². The third-order valence-corrected chi connectivity index (χ3v) is 4.09. The van der Waals surface area contributed by atoms with Crippen LogP contribution in [-0.2, 0) is 12.8 Å². The maximum Gasteiger partial charge on any atom is 0.126 e. The molecule has 0 amide bonds. The molecule has 0 unspecified atom stereocenters. The van der Waals surface area contributed by atoms with E-state index < -0.39 is 0 Å². The summed E-state index contributed by atoms with van der Waals surface area (Å²) < 4.78 is 13.6. The molecule has 1 heterocycles. The second kappa shape index (κ2) is 8.20. The lowest BCUT2D eigenvalue weighted by molar-refractivity contribution is 0.542. The number of nitrogens with zero attached hydrogens (tertiary/aromatic N) is 2. The predicted molar refractivity (Wildman–Crippen MR) is 85.1 cm³/mol. The molecule has 0 fully saturated rings. The van der Waals surface area contributed by atoms with Crippen LogP contribution in [0.25, 0.3) is 0 Å². The van der Waals surface area contributed by atoms with Crippen LogP contribution < -0.4 is 5.32 Å². The fourth-order valence-corrected chi connectivity index (χ4v) is 2.93. The average Bonchev–Trinajstić information content (AvgIpc) is 2.88. The van der Waals surface area contributed by atoms with Crippen LogP contribution in [0, 0.1) is 11.7 Å². The fraction of sp³-hybridized carbons (Fsp3) is 0.500. The molecule has 0 aliphatic rings. The van der Waals surface area contributed by atoms with Gasteiger partial charge in [0, 0.05) is 12.8 Å². The van der Waals surface area contributed by atoms with Crippen molar-refractivity contribution in [2.75, 3.05) is 13.1 Å². The van der Waals surface area contributed by atoms with Crippen LogP contribution in [0.1, 0.15) is 35.8 Å². The second-order valence-corrected chi connectivity index (χ2v) is 6.71. The lowest BCUT2D eigenvalue weighted by atomic mass is 10.1. The van der Waals surface area contributed by atoms with Gasteiger partial charge in [0.15, 0.2) is 0 Å². The van der Waals surface area contributed by atoms with Gasteiger partial charge in [-0.2, -0.15) is 0 Å². The number of benzene rings is 1. The first kappa shape index (κ1) is 16.0. The highest BCUT2D eigenvalue weighted by atomic mass is 32.1. The first-order valence-electron chi connectivity index (χ1n) is 7.40. The highest BCUT2D eigenvalue weighted by molar-refractivity contribution is 7.11. The molecule has 0 saturated carbocycles. The van der Waals surface area contributed by atoms with Crippen LogP contribution in [0.4, 0.5) is 4.39 Å². The van der Waals surface area contributed by atoms with Gasteiger partial charge in [0.25, 0.3) is 0 Å². The zero-order valence-corrected chi connectivity index (χ0v) is 13.4. The van der Waals surface area contributed by atoms with Crippen molar-refractivity contribution in [3.63, 3.8) is 0 Å². The summed E-state index contributed by atoms with van der Waals surface area (Å²) in [6.45, 7) is 6.45. The van der Waals surface area contributed by atoms with Crippen LogP contribution in [0.15, 0.2) is 24.3 Å². The zero-order chi connectivity index (χ0) is 15.1. The normalized spacial score (nSPS) is 11.2. The van der Waals surface area contributed by atoms with E-state index in [-0.39, 0.29) is 5.82 Å². The van der Waals surface area contributed by atoms with Crippen molar-refractivity contribution < 1.29 is 4.39 Å². The van der Waals surface area contributed by atoms with Crippen molar-refractivity contribution >= 4 is 11.3 Å². The molecule has 2 rings (SSSR count). The standard InChI is InChI=1S/C16H22FN3S/c1-12(2)11-18-9-5-8-15-19-20-16(21-15)10-13-6-3-4-7-14(13)17/h3-4,6-7,12,18H,5,8-11H2,1-2H3. The van der Waals surface area contributed by atoms with E-state index in [1.165, 1.54) is 6.07 Å². The van der Waals surface area contributed by atoms with Gasteiger partial charge in [0.05, 0.1) is 0 Å². The monoisotopic (exact) mass is 307 g/mol. The zero-order valence-electron chi connectivity index (χ0n) is 12.6. The molecule has 1 N–H and O–H groups in total. The first-order valence-corrected chi connectivity index (χ1v) is 8.22. The van der Waals surface area contributed by atoms with Crippen molar-refractivity contribution in [1.82, 2.24) is 15.5 Å². The molecule has 2 aromatic rings. The number of halogens is 1. The molecule has 1 aromatic carbocycles. The minimum Gasteiger partial charge on any atom is -0.316 e. The Morgan fingerprint density at radius 2 is 1.95 bits per heavy atom. The van der Waals surface area contributed by atoms with Gasteiger partial charge in [-0.3, -0.25) is 0 Å². The Bertz CT molecular complexity index is 554. The third kappa shape index (κ3) is 5.52. The Kier molecular flexibility index (Phi) is 6.26. The Morgan fingerprint density at radius 1 is 1.19 bits per heavy atom. The number of rotatable bonds is 8. The van der Waals surface area contributed by atoms with Crippen molar-refractivity contribution in [3.8, 4) is 0 Å². The summed E-state index contributed by atoms with van der Waals surface area (Å²) in [5, 5.41) is 13.7. The van der Waals surface area contributed by atoms with E-state index in [0.717, 1.165) is 35.9 Å². The number of nitrogens with one attached hydrogen (secondary N) is 1. The van der Waals surface area contributed by atoms with E-state index in [1.807, 2.05) is 6.07 Å². The van der Waals surface area contributed by atoms with Gasteiger partial charge < -0.3 is 5.32 Å². The van der Waals surface area contributed by atoms with E-state index in [1.54, 1.807) is 23.5 Å². The number of hydrogen-bond donors (Lipinski definition) is 1. The van der Waals surface area contributed by atoms with Gasteiger partial charge in [-0.05, 0) is 37.1 Å². The van der Waals surface area contributed by atoms with Crippen LogP contribution in [0.5, 0.6) is 0 Å². The molecular formula is C16H22FN3S. The SMILES string of the molecule is CC(C)CNCCCc1nnc(Cc2ccccc2F)s1. The lowest BCUT2D eigenvalue weighted by Crippen LogP contribution is -2.21. The van der Waals surface area contributed by atoms with Gasteiger partial charge in [0.2, 0.25) is 0 Å². The van der Waals surface area contributed by atoms with Crippen molar-refractivity contribution in [3.05, 3.63) is 45.7 Å². The summed E-state index contributed by atoms with van der Waals surface area (Å²) in [5.74, 6) is 0.506. The highest BCUT2D eigenvalue weighted by Gasteiger charge is 2.08. The Morgan fingerprint density at radius 3 is 2.71 bits per heavy atom. The van der Waals surface area contributed by atoms with Crippen molar-refractivity contribution in [1.29, 1.82) is 0 Å². The molecule has 114 valence electrons. The number of hydrogen-bond acceptors (Lipinski definition) is 4. The largest absolute Gasteiger partial charge is 0.316 e. The summed E-state index contributed by atoms with van der Waals surface area (Å²) in [6.07, 6.45) is 2.51. The molecular weight excluding hydrogens is 285 g/mol. The molecule has 1 aromatic heterocycles. The summed E-state index contributed by atoms with van der Waals surface area (Å²) in [5.41, 5.74) is 0.679. The van der Waals surface area contributed by atoms with Gasteiger partial charge in [-0.15, -0.1) is 21.5 Å². The quantitative estimate of drug-likeness (QED) is 0.759. The molecule has 5 heteroatoms. The van der Waals surface area contributed by atoms with Gasteiger partial charge in [-0.25, -0.2) is 4.39 Å². The second-order valence-electron chi connectivity index (χ2n) is 5.56. The summed E-state index contributed by atoms with van der Waals surface area (Å²) in [4.78, 5) is 0. The molecule has 0 bridgehead atoms. The minimum atomic E-state index is -0.174. The lowest BCUT2D eigenvalue weighted by Gasteiger charge is -2.05. The van der Waals surface area contributed by atoms with E-state index in [0.29, 0.717) is 17.9 Å². The minimum absolute atomic E-state index is 0.174. The van der Waals surface area contributed by atoms with Crippen LogP contribution in [0.3, 0.4) is 0 Å². The third-order valence-electron chi connectivity index (χ3n) is 3.10. The fourth-order valence-electron chi connectivity index (χ4n) is 2.02. The molecule has 21 heavy (non-hydrogen) atoms. The molecule has 0 aliphatic carbocycles. The number of aryl methyl sites for hydroxylation is 1. The average molecular weight is 307 g/mol. The summed E-state index contributed by atoms with van der Waals surface area (Å²) >= 11 is 1.58. The topological polar surface area (TPSA) is 37.8 Å². The van der Waals surface area contributed by atoms with Crippen LogP contribution in [-0.4, -0.2) is 23.3 Å². The van der Waals surface area contributed by atoms with E-state index in [4.69, 9.17) is 0 Å². The maximum atomic E-state index is 13.6. The molecule has 0 atom stereocenters. The Labute approximate surface area is 129 Å². The highest BCUT2D eigenvalue weighted by Crippen LogP contribution is 2.17. The van der Waals surface area contributed by atoms with Crippen molar-refractivity contribution in [2.45, 2.75) is 33.1 Å². The van der Waals surface area contributed by atoms with Gasteiger partial charge >= 0.3 is 0 Å². The van der Waals surface area contributed by atoms with Crippen LogP contribution in [0.2, 0.25) is 0 Å². The molecule has 0 spiro atoms. The Hall–Kier alpha value is -1.33. The van der Waals surface area contributed by atoms with E-state index in [2.05, 4.69) is 29.4 Å². The first-order chi connectivity index (χ1) is 10.1. The van der Waals surface area contributed by atoms with Crippen LogP contribution >= 0.6 is 11.3 Å². The smallest absolute Gasteiger partial charge is 0.126 e. The van der Waals surface area contributed by atoms with E-state index >= 15 is 0 Å². The Balaban J connectivity index is 1.78. The maximum absolute atomic E-state index is 13.6. The number of aromatic nitrogens is 2. The molecule has 0 radical (unpaired) electrons. The summed E-state index contributed by atoms with van der Waals surface area (Å²) in [7, 11) is 0. The predicted octanol–water partition coefficient (Wildman–Crippen LogP) is 3.45. The van der Waals surface area contributed by atoms with E-state index in [9.17, 15) is 4.39 Å². The molecule has 0 saturated heterocycles. The van der Waals surface area contributed by atoms with Crippen molar-refractivity contribution in [2.24, 2.45) is 5.92 Å². The molecule has 3 nitrogen and oxygen atoms in total. The van der Waals surface area contributed by atoms with Gasteiger partial charge in [0.1, 0.15) is 15.8 Å². The summed E-state index contributed by atoms with van der Waals surface area (Å²) in [6, 6.07) is 6.83. The molecule has 0 aliphatic heterocycles.